The SMILES string of the molecule is CC(C)(C)OOC(C)(C)CCC(C)(C)OOC(C)(C)C.CCCCCCCCCCCC(=O)OOC(=O)CCCCCCCCCCC. The number of carbonyl (C=O) groups excluding carboxylic acids is 2. The quantitative estimate of drug-likeness (QED) is 0.0478. The Morgan fingerprint density at radius 2 is 0.625 bits per heavy atom. The summed E-state index contributed by atoms with van der Waals surface area (Å²) in [7, 11) is 0. The third-order valence-electron chi connectivity index (χ3n) is 7.56. The molecule has 0 aliphatic heterocycles. The lowest BCUT2D eigenvalue weighted by Crippen LogP contribution is -2.35. The molecule has 8 heteroatoms. The Morgan fingerprint density at radius 1 is 0.375 bits per heavy atom. The Labute approximate surface area is 297 Å². The standard InChI is InChI=1S/C24H46O4.C16H34O4/c1-3-5-7-9-11-13-15-17-19-21-23(25)27-28-24(26)22-20-18-16-14-12-10-8-6-4-2;1-13(2,3)17-19-15(7,8)11-12-16(9,10)20-18-14(4,5)6/h3-22H2,1-2H3;11-12H2,1-10H3. The molecule has 0 aromatic rings. The van der Waals surface area contributed by atoms with Gasteiger partial charge in [0.05, 0.1) is 35.2 Å². The lowest BCUT2D eigenvalue weighted by molar-refractivity contribution is -0.410. The van der Waals surface area contributed by atoms with Gasteiger partial charge in [0.1, 0.15) is 0 Å². The molecule has 288 valence electrons. The predicted molar refractivity (Wildman–Crippen MR) is 197 cm³/mol. The zero-order chi connectivity index (χ0) is 37.0. The summed E-state index contributed by atoms with van der Waals surface area (Å²) in [4.78, 5) is 54.3. The molecule has 48 heavy (non-hydrogen) atoms. The Kier molecular flexibility index (Phi) is 29.0. The summed E-state index contributed by atoms with van der Waals surface area (Å²) in [6.07, 6.45) is 23.9. The van der Waals surface area contributed by atoms with E-state index < -0.39 is 11.9 Å². The van der Waals surface area contributed by atoms with Gasteiger partial charge < -0.3 is 0 Å². The van der Waals surface area contributed by atoms with Gasteiger partial charge in [0, 0.05) is 0 Å². The van der Waals surface area contributed by atoms with Gasteiger partial charge in [-0.15, -0.1) is 0 Å². The monoisotopic (exact) mass is 689 g/mol. The number of carbonyl (C=O) groups is 2. The van der Waals surface area contributed by atoms with Gasteiger partial charge in [-0.2, -0.15) is 0 Å². The summed E-state index contributed by atoms with van der Waals surface area (Å²) in [6.45, 7) is 24.3. The topological polar surface area (TPSA) is 89.5 Å². The summed E-state index contributed by atoms with van der Waals surface area (Å²) < 4.78 is 0. The van der Waals surface area contributed by atoms with Gasteiger partial charge in [0.15, 0.2) is 0 Å². The van der Waals surface area contributed by atoms with Crippen LogP contribution in [0.15, 0.2) is 0 Å². The van der Waals surface area contributed by atoms with E-state index >= 15 is 0 Å². The van der Waals surface area contributed by atoms with Gasteiger partial charge in [-0.3, -0.25) is 0 Å². The second kappa shape index (κ2) is 28.5. The highest BCUT2D eigenvalue weighted by Crippen LogP contribution is 2.28. The van der Waals surface area contributed by atoms with Crippen LogP contribution in [0, 0.1) is 0 Å². The van der Waals surface area contributed by atoms with Crippen LogP contribution in [0.2, 0.25) is 0 Å². The minimum Gasteiger partial charge on any atom is -0.247 e. The molecule has 0 spiro atoms. The van der Waals surface area contributed by atoms with Crippen molar-refractivity contribution in [3.63, 3.8) is 0 Å². The minimum absolute atomic E-state index is 0.307. The van der Waals surface area contributed by atoms with Crippen LogP contribution in [-0.4, -0.2) is 34.3 Å². The normalized spacial score (nSPS) is 12.4. The first kappa shape index (κ1) is 48.9. The van der Waals surface area contributed by atoms with Crippen molar-refractivity contribution < 1.29 is 38.9 Å². The molecule has 0 aromatic heterocycles. The molecule has 0 atom stereocenters. The highest BCUT2D eigenvalue weighted by molar-refractivity contribution is 5.72. The fourth-order valence-corrected chi connectivity index (χ4v) is 4.50. The third kappa shape index (κ3) is 39.2. The molecule has 0 saturated heterocycles. The van der Waals surface area contributed by atoms with Crippen molar-refractivity contribution in [1.29, 1.82) is 0 Å². The van der Waals surface area contributed by atoms with Crippen LogP contribution in [0.1, 0.15) is 224 Å². The molecule has 0 heterocycles. The maximum absolute atomic E-state index is 11.6. The lowest BCUT2D eigenvalue weighted by atomic mass is 9.94. The fourth-order valence-electron chi connectivity index (χ4n) is 4.50. The van der Waals surface area contributed by atoms with Crippen LogP contribution in [-0.2, 0) is 38.9 Å². The number of unbranched alkanes of at least 4 members (excludes halogenated alkanes) is 16. The Bertz CT molecular complexity index is 700. The van der Waals surface area contributed by atoms with Gasteiger partial charge in [-0.05, 0) is 94.9 Å². The third-order valence-corrected chi connectivity index (χ3v) is 7.56. The molecule has 0 aliphatic rings. The van der Waals surface area contributed by atoms with Crippen LogP contribution >= 0.6 is 0 Å². The molecule has 0 N–H and O–H groups in total. The summed E-state index contributed by atoms with van der Waals surface area (Å²) in [6, 6.07) is 0. The van der Waals surface area contributed by atoms with Crippen molar-refractivity contribution in [2.75, 3.05) is 0 Å². The zero-order valence-electron chi connectivity index (χ0n) is 33.8. The first-order valence-electron chi connectivity index (χ1n) is 19.5. The molecule has 0 bridgehead atoms. The van der Waals surface area contributed by atoms with Crippen molar-refractivity contribution in [1.82, 2.24) is 0 Å². The van der Waals surface area contributed by atoms with Crippen molar-refractivity contribution in [2.24, 2.45) is 0 Å². The molecule has 0 rings (SSSR count). The van der Waals surface area contributed by atoms with Crippen LogP contribution in [0.25, 0.3) is 0 Å². The van der Waals surface area contributed by atoms with E-state index in [-0.39, 0.29) is 22.4 Å². The van der Waals surface area contributed by atoms with Crippen molar-refractivity contribution in [2.45, 2.75) is 247 Å². The van der Waals surface area contributed by atoms with E-state index in [0.29, 0.717) is 12.8 Å². The second-order valence-electron chi connectivity index (χ2n) is 16.6. The van der Waals surface area contributed by atoms with Crippen molar-refractivity contribution in [3.05, 3.63) is 0 Å². The summed E-state index contributed by atoms with van der Waals surface area (Å²) in [5, 5.41) is 0. The molecular weight excluding hydrogens is 608 g/mol. The maximum atomic E-state index is 11.6. The van der Waals surface area contributed by atoms with Crippen molar-refractivity contribution >= 4 is 11.9 Å². The van der Waals surface area contributed by atoms with E-state index in [1.54, 1.807) is 0 Å². The van der Waals surface area contributed by atoms with E-state index in [9.17, 15) is 9.59 Å². The van der Waals surface area contributed by atoms with Gasteiger partial charge in [-0.1, -0.05) is 117 Å². The summed E-state index contributed by atoms with van der Waals surface area (Å²) in [5.74, 6) is -0.855. The number of hydrogen-bond donors (Lipinski definition) is 0. The van der Waals surface area contributed by atoms with E-state index in [1.165, 1.54) is 77.0 Å². The maximum Gasteiger partial charge on any atom is 0.355 e. The second-order valence-corrected chi connectivity index (χ2v) is 16.6. The van der Waals surface area contributed by atoms with Crippen LogP contribution < -0.4 is 0 Å². The zero-order valence-corrected chi connectivity index (χ0v) is 33.8. The van der Waals surface area contributed by atoms with Crippen LogP contribution in [0.3, 0.4) is 0 Å². The molecule has 8 nitrogen and oxygen atoms in total. The highest BCUT2D eigenvalue weighted by Gasteiger charge is 2.30. The summed E-state index contributed by atoms with van der Waals surface area (Å²) >= 11 is 0. The van der Waals surface area contributed by atoms with Gasteiger partial charge in [0.25, 0.3) is 0 Å². The number of rotatable bonds is 27. The van der Waals surface area contributed by atoms with E-state index in [0.717, 1.165) is 51.4 Å². The molecule has 0 unspecified atom stereocenters. The van der Waals surface area contributed by atoms with E-state index in [2.05, 4.69) is 23.6 Å². The van der Waals surface area contributed by atoms with Gasteiger partial charge in [-0.25, -0.2) is 38.9 Å². The lowest BCUT2D eigenvalue weighted by Gasteiger charge is -2.33. The first-order chi connectivity index (χ1) is 22.3. The van der Waals surface area contributed by atoms with Crippen molar-refractivity contribution in [3.8, 4) is 0 Å². The molecule has 0 aliphatic carbocycles. The smallest absolute Gasteiger partial charge is 0.247 e. The average molecular weight is 689 g/mol. The van der Waals surface area contributed by atoms with Gasteiger partial charge >= 0.3 is 11.9 Å². The molecule has 0 saturated carbocycles. The van der Waals surface area contributed by atoms with Crippen LogP contribution in [0.5, 0.6) is 0 Å². The Hall–Kier alpha value is -1.22. The molecular formula is C40H80O8. The predicted octanol–water partition coefficient (Wildman–Crippen LogP) is 12.6. The Balaban J connectivity index is 0. The van der Waals surface area contributed by atoms with E-state index in [4.69, 9.17) is 19.6 Å². The highest BCUT2D eigenvalue weighted by atomic mass is 17.2. The largest absolute Gasteiger partial charge is 0.355 e. The molecule has 0 radical (unpaired) electrons. The first-order valence-corrected chi connectivity index (χ1v) is 19.5. The van der Waals surface area contributed by atoms with Gasteiger partial charge in [0.2, 0.25) is 0 Å². The summed E-state index contributed by atoms with van der Waals surface area (Å²) in [5.41, 5.74) is -1.34. The van der Waals surface area contributed by atoms with E-state index in [1.807, 2.05) is 69.2 Å². The molecule has 0 amide bonds. The molecule has 0 fully saturated rings. The minimum atomic E-state index is -0.427. The van der Waals surface area contributed by atoms with Crippen LogP contribution in [0.4, 0.5) is 0 Å². The average Bonchev–Trinajstić information content (AvgIpc) is 2.99. The molecule has 0 aromatic carbocycles. The number of hydrogen-bond acceptors (Lipinski definition) is 8. The fraction of sp³-hybridized carbons (Fsp3) is 0.950. The Morgan fingerprint density at radius 3 is 0.875 bits per heavy atom.